The van der Waals surface area contributed by atoms with Crippen molar-refractivity contribution in [2.75, 3.05) is 19.7 Å². The summed E-state index contributed by atoms with van der Waals surface area (Å²) in [4.78, 5) is 40.0. The summed E-state index contributed by atoms with van der Waals surface area (Å²) in [5, 5.41) is 6.94. The van der Waals surface area contributed by atoms with Crippen LogP contribution in [0.25, 0.3) is 11.4 Å². The molecule has 136 valence electrons. The first-order chi connectivity index (χ1) is 12.5. The molecule has 3 rings (SSSR count). The predicted molar refractivity (Wildman–Crippen MR) is 89.1 cm³/mol. The number of nitrogens with one attached hydrogen (secondary N) is 1. The Morgan fingerprint density at radius 1 is 1.31 bits per heavy atom. The number of benzene rings is 1. The standard InChI is InChI=1S/C16H15ClN4O5/c17-11-3-1-10(2-4-11)15-19-12(26-20-15)5-6-14(23)25-9-13(22)21-8-7-18-16(21)24/h1-4H,5-9H2,(H,18,24). The van der Waals surface area contributed by atoms with E-state index in [1.165, 1.54) is 0 Å². The smallest absolute Gasteiger partial charge is 0.324 e. The molecule has 1 aliphatic heterocycles. The molecular formula is C16H15ClN4O5. The summed E-state index contributed by atoms with van der Waals surface area (Å²) in [5.41, 5.74) is 0.737. The number of hydrogen-bond acceptors (Lipinski definition) is 7. The lowest BCUT2D eigenvalue weighted by molar-refractivity contribution is -0.150. The van der Waals surface area contributed by atoms with Gasteiger partial charge in [0.05, 0.1) is 6.42 Å². The summed E-state index contributed by atoms with van der Waals surface area (Å²) in [6.07, 6.45) is 0.152. The number of urea groups is 1. The van der Waals surface area contributed by atoms with Crippen molar-refractivity contribution >= 4 is 29.5 Å². The molecule has 1 aliphatic rings. The molecule has 1 fully saturated rings. The summed E-state index contributed by atoms with van der Waals surface area (Å²) in [6.45, 7) is 0.183. The molecule has 10 heteroatoms. The highest BCUT2D eigenvalue weighted by atomic mass is 35.5. The molecule has 3 amide bonds. The Kier molecular flexibility index (Phi) is 5.47. The summed E-state index contributed by atoms with van der Waals surface area (Å²) in [5.74, 6) is -0.488. The molecule has 0 saturated carbocycles. The number of imide groups is 1. The maximum absolute atomic E-state index is 11.8. The molecule has 2 heterocycles. The van der Waals surface area contributed by atoms with E-state index in [1.807, 2.05) is 0 Å². The minimum Gasteiger partial charge on any atom is -0.456 e. The fourth-order valence-corrected chi connectivity index (χ4v) is 2.41. The third-order valence-corrected chi connectivity index (χ3v) is 3.88. The summed E-state index contributed by atoms with van der Waals surface area (Å²) >= 11 is 5.83. The van der Waals surface area contributed by atoms with Crippen molar-refractivity contribution in [2.24, 2.45) is 0 Å². The Bertz CT molecular complexity index is 820. The summed E-state index contributed by atoms with van der Waals surface area (Å²) < 4.78 is 9.97. The average Bonchev–Trinajstić information content (AvgIpc) is 3.27. The fourth-order valence-electron chi connectivity index (χ4n) is 2.28. The van der Waals surface area contributed by atoms with Gasteiger partial charge in [0.15, 0.2) is 6.61 Å². The Labute approximate surface area is 153 Å². The van der Waals surface area contributed by atoms with Gasteiger partial charge >= 0.3 is 12.0 Å². The zero-order valence-electron chi connectivity index (χ0n) is 13.6. The maximum atomic E-state index is 11.8. The molecule has 1 saturated heterocycles. The van der Waals surface area contributed by atoms with E-state index in [2.05, 4.69) is 15.5 Å². The van der Waals surface area contributed by atoms with Gasteiger partial charge in [-0.2, -0.15) is 4.98 Å². The molecule has 0 aliphatic carbocycles. The van der Waals surface area contributed by atoms with Crippen molar-refractivity contribution in [3.63, 3.8) is 0 Å². The molecule has 1 aromatic carbocycles. The highest BCUT2D eigenvalue weighted by Gasteiger charge is 2.26. The van der Waals surface area contributed by atoms with Crippen LogP contribution < -0.4 is 5.32 Å². The largest absolute Gasteiger partial charge is 0.456 e. The monoisotopic (exact) mass is 378 g/mol. The Hall–Kier alpha value is -2.94. The van der Waals surface area contributed by atoms with Crippen molar-refractivity contribution in [1.82, 2.24) is 20.4 Å². The first-order valence-electron chi connectivity index (χ1n) is 7.85. The van der Waals surface area contributed by atoms with Crippen molar-refractivity contribution in [3.8, 4) is 11.4 Å². The van der Waals surface area contributed by atoms with E-state index in [9.17, 15) is 14.4 Å². The van der Waals surface area contributed by atoms with Gasteiger partial charge in [-0.3, -0.25) is 14.5 Å². The summed E-state index contributed by atoms with van der Waals surface area (Å²) in [7, 11) is 0. The minimum atomic E-state index is -0.593. The van der Waals surface area contributed by atoms with Crippen molar-refractivity contribution < 1.29 is 23.6 Å². The number of aromatic nitrogens is 2. The molecule has 0 bridgehead atoms. The Morgan fingerprint density at radius 2 is 2.08 bits per heavy atom. The van der Waals surface area contributed by atoms with Gasteiger partial charge in [-0.15, -0.1) is 0 Å². The van der Waals surface area contributed by atoms with E-state index in [4.69, 9.17) is 20.9 Å². The van der Waals surface area contributed by atoms with Gasteiger partial charge in [-0.25, -0.2) is 4.79 Å². The van der Waals surface area contributed by atoms with Gasteiger partial charge in [0.2, 0.25) is 11.7 Å². The Balaban J connectivity index is 1.45. The zero-order chi connectivity index (χ0) is 18.5. The topological polar surface area (TPSA) is 115 Å². The molecule has 2 aromatic rings. The lowest BCUT2D eigenvalue weighted by atomic mass is 10.2. The van der Waals surface area contributed by atoms with Crippen molar-refractivity contribution in [3.05, 3.63) is 35.2 Å². The number of carbonyl (C=O) groups is 3. The molecule has 0 spiro atoms. The number of nitrogens with zero attached hydrogens (tertiary/aromatic N) is 3. The van der Waals surface area contributed by atoms with E-state index in [-0.39, 0.29) is 25.3 Å². The number of esters is 1. The van der Waals surface area contributed by atoms with E-state index in [1.54, 1.807) is 24.3 Å². The van der Waals surface area contributed by atoms with Crippen LogP contribution in [-0.2, 0) is 20.7 Å². The van der Waals surface area contributed by atoms with E-state index >= 15 is 0 Å². The van der Waals surface area contributed by atoms with Gasteiger partial charge in [0, 0.05) is 30.1 Å². The number of hydrogen-bond donors (Lipinski definition) is 1. The van der Waals surface area contributed by atoms with Crippen LogP contribution in [0.5, 0.6) is 0 Å². The Morgan fingerprint density at radius 3 is 2.77 bits per heavy atom. The number of carbonyl (C=O) groups excluding carboxylic acids is 3. The first kappa shape index (κ1) is 17.9. The third-order valence-electron chi connectivity index (χ3n) is 3.63. The molecule has 0 atom stereocenters. The minimum absolute atomic E-state index is 0.0261. The van der Waals surface area contributed by atoms with Gasteiger partial charge in [-0.1, -0.05) is 16.8 Å². The fraction of sp³-hybridized carbons (Fsp3) is 0.312. The quantitative estimate of drug-likeness (QED) is 0.756. The van der Waals surface area contributed by atoms with Crippen LogP contribution in [0.4, 0.5) is 4.79 Å². The van der Waals surface area contributed by atoms with Crippen LogP contribution in [0.15, 0.2) is 28.8 Å². The van der Waals surface area contributed by atoms with Crippen molar-refractivity contribution in [2.45, 2.75) is 12.8 Å². The average molecular weight is 379 g/mol. The van der Waals surface area contributed by atoms with Crippen LogP contribution in [0.3, 0.4) is 0 Å². The molecule has 26 heavy (non-hydrogen) atoms. The lowest BCUT2D eigenvalue weighted by Gasteiger charge is -2.11. The normalized spacial score (nSPS) is 13.6. The van der Waals surface area contributed by atoms with E-state index in [0.29, 0.717) is 17.4 Å². The van der Waals surface area contributed by atoms with Crippen LogP contribution in [0.1, 0.15) is 12.3 Å². The first-order valence-corrected chi connectivity index (χ1v) is 8.23. The van der Waals surface area contributed by atoms with E-state index < -0.39 is 24.5 Å². The molecule has 1 N–H and O–H groups in total. The number of aryl methyl sites for hydroxylation is 1. The highest BCUT2D eigenvalue weighted by molar-refractivity contribution is 6.30. The molecule has 0 radical (unpaired) electrons. The van der Waals surface area contributed by atoms with Gasteiger partial charge in [-0.05, 0) is 24.3 Å². The van der Waals surface area contributed by atoms with Crippen LogP contribution in [-0.4, -0.2) is 52.6 Å². The van der Waals surface area contributed by atoms with Crippen LogP contribution >= 0.6 is 11.6 Å². The number of rotatable bonds is 6. The molecular weight excluding hydrogens is 364 g/mol. The predicted octanol–water partition coefficient (Wildman–Crippen LogP) is 1.42. The molecule has 0 unspecified atom stereocenters. The second kappa shape index (κ2) is 7.96. The van der Waals surface area contributed by atoms with Gasteiger partial charge < -0.3 is 14.6 Å². The highest BCUT2D eigenvalue weighted by Crippen LogP contribution is 2.19. The van der Waals surface area contributed by atoms with E-state index in [0.717, 1.165) is 10.5 Å². The second-order valence-electron chi connectivity index (χ2n) is 5.46. The maximum Gasteiger partial charge on any atom is 0.324 e. The number of amides is 3. The van der Waals surface area contributed by atoms with Crippen LogP contribution in [0.2, 0.25) is 5.02 Å². The van der Waals surface area contributed by atoms with Gasteiger partial charge in [0.25, 0.3) is 5.91 Å². The number of ether oxygens (including phenoxy) is 1. The lowest BCUT2D eigenvalue weighted by Crippen LogP contribution is -2.37. The molecule has 9 nitrogen and oxygen atoms in total. The van der Waals surface area contributed by atoms with Gasteiger partial charge in [0.1, 0.15) is 0 Å². The molecule has 1 aromatic heterocycles. The number of halogens is 1. The SMILES string of the molecule is O=C(CCc1nc(-c2ccc(Cl)cc2)no1)OCC(=O)N1CCNC1=O. The van der Waals surface area contributed by atoms with Crippen molar-refractivity contribution in [1.29, 1.82) is 0 Å². The second-order valence-corrected chi connectivity index (χ2v) is 5.89. The summed E-state index contributed by atoms with van der Waals surface area (Å²) in [6, 6.07) is 6.45. The zero-order valence-corrected chi connectivity index (χ0v) is 14.4. The van der Waals surface area contributed by atoms with Crippen LogP contribution in [0, 0.1) is 0 Å². The third kappa shape index (κ3) is 4.37.